The number of hydrogen-bond acceptors (Lipinski definition) is 4. The number of aryl methyl sites for hydroxylation is 2. The molecule has 26 heavy (non-hydrogen) atoms. The topological polar surface area (TPSA) is 63.8 Å². The van der Waals surface area contributed by atoms with E-state index in [4.69, 9.17) is 9.15 Å². The predicted molar refractivity (Wildman–Crippen MR) is 100 cm³/mol. The summed E-state index contributed by atoms with van der Waals surface area (Å²) >= 11 is 0. The largest absolute Gasteiger partial charge is 0.489 e. The zero-order valence-corrected chi connectivity index (χ0v) is 14.7. The summed E-state index contributed by atoms with van der Waals surface area (Å²) in [4.78, 5) is 11.8. The van der Waals surface area contributed by atoms with Crippen LogP contribution < -0.4 is 10.2 Å². The fourth-order valence-corrected chi connectivity index (χ4v) is 2.28. The van der Waals surface area contributed by atoms with E-state index in [0.717, 1.165) is 16.9 Å². The molecule has 0 bridgehead atoms. The fraction of sp³-hybridized carbons (Fsp3) is 0.143. The van der Waals surface area contributed by atoms with Crippen molar-refractivity contribution >= 4 is 12.1 Å². The third kappa shape index (κ3) is 4.83. The molecule has 0 aliphatic rings. The summed E-state index contributed by atoms with van der Waals surface area (Å²) < 4.78 is 11.0. The van der Waals surface area contributed by atoms with Crippen LogP contribution in [0.5, 0.6) is 5.75 Å². The standard InChI is InChI=1S/C21H20N2O3/c1-15-3-6-18(7-4-15)14-25-19-10-8-17(9-11-19)13-22-23-21(24)20-12-5-16(2)26-20/h3-13H,14H2,1-2H3,(H,23,24)/b22-13-. The molecule has 0 aliphatic carbocycles. The molecule has 0 unspecified atom stereocenters. The van der Waals surface area contributed by atoms with Crippen LogP contribution >= 0.6 is 0 Å². The number of hydrazone groups is 1. The minimum atomic E-state index is -0.382. The van der Waals surface area contributed by atoms with E-state index in [0.29, 0.717) is 12.4 Å². The van der Waals surface area contributed by atoms with Gasteiger partial charge in [-0.15, -0.1) is 0 Å². The van der Waals surface area contributed by atoms with E-state index in [1.165, 1.54) is 5.56 Å². The van der Waals surface area contributed by atoms with Crippen LogP contribution in [-0.4, -0.2) is 12.1 Å². The summed E-state index contributed by atoms with van der Waals surface area (Å²) in [5.74, 6) is 1.31. The summed E-state index contributed by atoms with van der Waals surface area (Å²) in [5, 5.41) is 3.93. The van der Waals surface area contributed by atoms with E-state index >= 15 is 0 Å². The Hall–Kier alpha value is -3.34. The molecular formula is C21H20N2O3. The van der Waals surface area contributed by atoms with Gasteiger partial charge in [0.25, 0.3) is 0 Å². The van der Waals surface area contributed by atoms with Crippen molar-refractivity contribution in [3.05, 3.63) is 88.9 Å². The molecule has 132 valence electrons. The van der Waals surface area contributed by atoms with Crippen molar-refractivity contribution in [3.63, 3.8) is 0 Å². The fourth-order valence-electron chi connectivity index (χ4n) is 2.28. The van der Waals surface area contributed by atoms with E-state index in [-0.39, 0.29) is 11.7 Å². The monoisotopic (exact) mass is 348 g/mol. The number of hydrogen-bond donors (Lipinski definition) is 1. The molecule has 0 aliphatic heterocycles. The lowest BCUT2D eigenvalue weighted by molar-refractivity contribution is 0.0926. The Bertz CT molecular complexity index is 894. The molecule has 1 heterocycles. The second kappa shape index (κ2) is 8.16. The molecule has 3 aromatic rings. The summed E-state index contributed by atoms with van der Waals surface area (Å²) in [5.41, 5.74) is 5.63. The summed E-state index contributed by atoms with van der Waals surface area (Å²) in [7, 11) is 0. The first-order valence-electron chi connectivity index (χ1n) is 8.28. The van der Waals surface area contributed by atoms with E-state index in [1.807, 2.05) is 24.3 Å². The zero-order valence-electron chi connectivity index (χ0n) is 14.7. The highest BCUT2D eigenvalue weighted by Gasteiger charge is 2.07. The lowest BCUT2D eigenvalue weighted by Crippen LogP contribution is -2.16. The van der Waals surface area contributed by atoms with Crippen LogP contribution in [-0.2, 0) is 6.61 Å². The molecule has 0 saturated carbocycles. The van der Waals surface area contributed by atoms with Gasteiger partial charge in [0.15, 0.2) is 5.76 Å². The lowest BCUT2D eigenvalue weighted by atomic mass is 10.2. The minimum Gasteiger partial charge on any atom is -0.489 e. The Morgan fingerprint density at radius 3 is 2.42 bits per heavy atom. The third-order valence-corrected chi connectivity index (χ3v) is 3.75. The van der Waals surface area contributed by atoms with Crippen molar-refractivity contribution in [1.29, 1.82) is 0 Å². The van der Waals surface area contributed by atoms with Crippen molar-refractivity contribution in [2.45, 2.75) is 20.5 Å². The average molecular weight is 348 g/mol. The minimum absolute atomic E-state index is 0.236. The number of nitrogens with one attached hydrogen (secondary N) is 1. The van der Waals surface area contributed by atoms with E-state index in [2.05, 4.69) is 41.7 Å². The number of rotatable bonds is 6. The van der Waals surface area contributed by atoms with Gasteiger partial charge < -0.3 is 9.15 Å². The third-order valence-electron chi connectivity index (χ3n) is 3.75. The molecule has 0 saturated heterocycles. The Morgan fingerprint density at radius 2 is 1.77 bits per heavy atom. The van der Waals surface area contributed by atoms with Gasteiger partial charge in [0.05, 0.1) is 6.21 Å². The molecular weight excluding hydrogens is 328 g/mol. The van der Waals surface area contributed by atoms with Gasteiger partial charge in [-0.2, -0.15) is 5.10 Å². The highest BCUT2D eigenvalue weighted by Crippen LogP contribution is 2.14. The molecule has 1 aromatic heterocycles. The Kier molecular flexibility index (Phi) is 5.49. The second-order valence-electron chi connectivity index (χ2n) is 5.95. The molecule has 5 nitrogen and oxygen atoms in total. The number of ether oxygens (including phenoxy) is 1. The average Bonchev–Trinajstić information content (AvgIpc) is 3.09. The van der Waals surface area contributed by atoms with Gasteiger partial charge in [0, 0.05) is 0 Å². The van der Waals surface area contributed by atoms with Gasteiger partial charge in [-0.1, -0.05) is 29.8 Å². The molecule has 2 aromatic carbocycles. The summed E-state index contributed by atoms with van der Waals surface area (Å²) in [6.07, 6.45) is 1.57. The van der Waals surface area contributed by atoms with Gasteiger partial charge in [0.1, 0.15) is 18.1 Å². The first-order chi connectivity index (χ1) is 12.6. The number of amides is 1. The van der Waals surface area contributed by atoms with Crippen LogP contribution in [0.1, 0.15) is 33.0 Å². The number of carbonyl (C=O) groups is 1. The van der Waals surface area contributed by atoms with Gasteiger partial charge in [0.2, 0.25) is 0 Å². The van der Waals surface area contributed by atoms with Gasteiger partial charge in [-0.25, -0.2) is 5.43 Å². The Balaban J connectivity index is 1.50. The van der Waals surface area contributed by atoms with Crippen LogP contribution in [0.25, 0.3) is 0 Å². The van der Waals surface area contributed by atoms with Crippen LogP contribution in [0.3, 0.4) is 0 Å². The molecule has 0 fully saturated rings. The van der Waals surface area contributed by atoms with Crippen molar-refractivity contribution in [1.82, 2.24) is 5.43 Å². The van der Waals surface area contributed by atoms with Gasteiger partial charge in [-0.05, 0) is 61.4 Å². The normalized spacial score (nSPS) is 10.8. The smallest absolute Gasteiger partial charge is 0.307 e. The summed E-state index contributed by atoms with van der Waals surface area (Å²) in [6, 6.07) is 19.1. The van der Waals surface area contributed by atoms with Crippen LogP contribution in [0.4, 0.5) is 0 Å². The number of furan rings is 1. The van der Waals surface area contributed by atoms with Crippen molar-refractivity contribution < 1.29 is 13.9 Å². The number of benzene rings is 2. The SMILES string of the molecule is Cc1ccc(COc2ccc(/C=N\NC(=O)c3ccc(C)o3)cc2)cc1. The maximum absolute atomic E-state index is 11.8. The second-order valence-corrected chi connectivity index (χ2v) is 5.95. The first-order valence-corrected chi connectivity index (χ1v) is 8.28. The highest BCUT2D eigenvalue weighted by atomic mass is 16.5. The van der Waals surface area contributed by atoms with Crippen LogP contribution in [0.15, 0.2) is 70.2 Å². The zero-order chi connectivity index (χ0) is 18.4. The molecule has 0 radical (unpaired) electrons. The molecule has 5 heteroatoms. The van der Waals surface area contributed by atoms with Crippen molar-refractivity contribution in [2.24, 2.45) is 5.10 Å². The molecule has 0 atom stereocenters. The quantitative estimate of drug-likeness (QED) is 0.535. The Labute approximate surface area is 152 Å². The van der Waals surface area contributed by atoms with Crippen LogP contribution in [0.2, 0.25) is 0 Å². The van der Waals surface area contributed by atoms with Gasteiger partial charge >= 0.3 is 5.91 Å². The van der Waals surface area contributed by atoms with Gasteiger partial charge in [-0.3, -0.25) is 4.79 Å². The van der Waals surface area contributed by atoms with Crippen LogP contribution in [0, 0.1) is 13.8 Å². The lowest BCUT2D eigenvalue weighted by Gasteiger charge is -2.06. The molecule has 1 N–H and O–H groups in total. The van der Waals surface area contributed by atoms with E-state index in [9.17, 15) is 4.79 Å². The number of nitrogens with zero attached hydrogens (tertiary/aromatic N) is 1. The predicted octanol–water partition coefficient (Wildman–Crippen LogP) is 4.24. The maximum atomic E-state index is 11.8. The van der Waals surface area contributed by atoms with E-state index in [1.54, 1.807) is 25.3 Å². The molecule has 3 rings (SSSR count). The van der Waals surface area contributed by atoms with Crippen molar-refractivity contribution in [2.75, 3.05) is 0 Å². The highest BCUT2D eigenvalue weighted by molar-refractivity contribution is 5.92. The Morgan fingerprint density at radius 1 is 1.04 bits per heavy atom. The first kappa shape index (κ1) is 17.5. The summed E-state index contributed by atoms with van der Waals surface area (Å²) in [6.45, 7) is 4.36. The molecule has 1 amide bonds. The number of carbonyl (C=O) groups excluding carboxylic acids is 1. The maximum Gasteiger partial charge on any atom is 0.307 e. The van der Waals surface area contributed by atoms with Crippen molar-refractivity contribution in [3.8, 4) is 5.75 Å². The molecule has 0 spiro atoms. The van der Waals surface area contributed by atoms with E-state index < -0.39 is 0 Å².